The molecule has 1 unspecified atom stereocenters. The van der Waals surface area contributed by atoms with Crippen molar-refractivity contribution in [3.05, 3.63) is 11.4 Å². The lowest BCUT2D eigenvalue weighted by molar-refractivity contribution is -0.133. The Balaban J connectivity index is 2.05. The van der Waals surface area contributed by atoms with Crippen molar-refractivity contribution >= 4 is 11.6 Å². The average Bonchev–Trinajstić information content (AvgIpc) is 2.91. The maximum Gasteiger partial charge on any atom is 0.244 e. The van der Waals surface area contributed by atoms with Gasteiger partial charge in [-0.05, 0) is 40.8 Å². The van der Waals surface area contributed by atoms with E-state index in [1.807, 2.05) is 32.8 Å². The Kier molecular flexibility index (Phi) is 4.32. The molecule has 20 heavy (non-hydrogen) atoms. The summed E-state index contributed by atoms with van der Waals surface area (Å²) in [6, 6.07) is 0.326. The number of hydrogen-bond donors (Lipinski definition) is 1. The Morgan fingerprint density at radius 1 is 1.45 bits per heavy atom. The van der Waals surface area contributed by atoms with Crippen LogP contribution in [0.15, 0.2) is 0 Å². The Labute approximate surface area is 120 Å². The third kappa shape index (κ3) is 2.95. The lowest BCUT2D eigenvalue weighted by Gasteiger charge is -2.27. The summed E-state index contributed by atoms with van der Waals surface area (Å²) in [5.74, 6) is 0.139. The maximum atomic E-state index is 12.5. The first-order valence-corrected chi connectivity index (χ1v) is 7.13. The summed E-state index contributed by atoms with van der Waals surface area (Å²) < 4.78 is 1.72. The molecule has 0 aliphatic carbocycles. The molecule has 6 heteroatoms. The fraction of sp³-hybridized carbons (Fsp3) is 0.714. The maximum absolute atomic E-state index is 12.5. The molecule has 0 saturated carbocycles. The average molecular weight is 279 g/mol. The third-order valence-corrected chi connectivity index (χ3v) is 4.00. The first-order valence-electron chi connectivity index (χ1n) is 7.13. The molecule has 0 bridgehead atoms. The molecule has 1 aliphatic rings. The number of aryl methyl sites for hydroxylation is 1. The van der Waals surface area contributed by atoms with Crippen molar-refractivity contribution in [3.63, 3.8) is 0 Å². The molecule has 1 aromatic heterocycles. The first-order chi connectivity index (χ1) is 9.40. The second-order valence-corrected chi connectivity index (χ2v) is 5.89. The minimum absolute atomic E-state index is 0.139. The smallest absolute Gasteiger partial charge is 0.244 e. The van der Waals surface area contributed by atoms with Crippen molar-refractivity contribution < 1.29 is 4.79 Å². The van der Waals surface area contributed by atoms with Gasteiger partial charge in [-0.15, -0.1) is 0 Å². The standard InChI is InChI=1S/C14H25N5O/c1-10-14(15)11(2)19(16-10)9-13(20)18-7-5-6-12(18)8-17(3)4/h12H,5-9,15H2,1-4H3. The van der Waals surface area contributed by atoms with Crippen LogP contribution in [0.4, 0.5) is 5.69 Å². The summed E-state index contributed by atoms with van der Waals surface area (Å²) in [6.45, 7) is 5.84. The zero-order chi connectivity index (χ0) is 14.9. The predicted octanol–water partition coefficient (Wildman–Crippen LogP) is 0.635. The van der Waals surface area contributed by atoms with Crippen LogP contribution in [0.3, 0.4) is 0 Å². The molecule has 0 aromatic carbocycles. The minimum atomic E-state index is 0.139. The molecule has 6 nitrogen and oxygen atoms in total. The zero-order valence-electron chi connectivity index (χ0n) is 12.9. The van der Waals surface area contributed by atoms with Crippen LogP contribution in [0.2, 0.25) is 0 Å². The highest BCUT2D eigenvalue weighted by molar-refractivity contribution is 5.77. The third-order valence-electron chi connectivity index (χ3n) is 4.00. The van der Waals surface area contributed by atoms with E-state index in [0.717, 1.165) is 37.3 Å². The number of hydrogen-bond acceptors (Lipinski definition) is 4. The van der Waals surface area contributed by atoms with Crippen LogP contribution in [0, 0.1) is 13.8 Å². The fourth-order valence-electron chi connectivity index (χ4n) is 2.86. The van der Waals surface area contributed by atoms with Gasteiger partial charge in [-0.1, -0.05) is 0 Å². The number of anilines is 1. The summed E-state index contributed by atoms with van der Waals surface area (Å²) in [5.41, 5.74) is 8.26. The molecular formula is C14H25N5O. The Morgan fingerprint density at radius 3 is 2.70 bits per heavy atom. The normalized spacial score (nSPS) is 19.1. The number of aromatic nitrogens is 2. The molecule has 1 aromatic rings. The molecule has 112 valence electrons. The highest BCUT2D eigenvalue weighted by atomic mass is 16.2. The van der Waals surface area contributed by atoms with E-state index in [-0.39, 0.29) is 12.5 Å². The highest BCUT2D eigenvalue weighted by Gasteiger charge is 2.29. The first kappa shape index (κ1) is 14.8. The second kappa shape index (κ2) is 5.83. The van der Waals surface area contributed by atoms with Gasteiger partial charge < -0.3 is 15.5 Å². The summed E-state index contributed by atoms with van der Waals surface area (Å²) in [6.07, 6.45) is 2.17. The fourth-order valence-corrected chi connectivity index (χ4v) is 2.86. The van der Waals surface area contributed by atoms with Gasteiger partial charge in [-0.3, -0.25) is 9.48 Å². The van der Waals surface area contributed by atoms with Gasteiger partial charge in [-0.25, -0.2) is 0 Å². The van der Waals surface area contributed by atoms with Crippen LogP contribution in [0.1, 0.15) is 24.2 Å². The largest absolute Gasteiger partial charge is 0.396 e. The number of likely N-dealkylation sites (N-methyl/N-ethyl adjacent to an activating group) is 1. The monoisotopic (exact) mass is 279 g/mol. The number of amides is 1. The SMILES string of the molecule is Cc1nn(CC(=O)N2CCCC2CN(C)C)c(C)c1N. The van der Waals surface area contributed by atoms with Crippen molar-refractivity contribution in [1.29, 1.82) is 0 Å². The van der Waals surface area contributed by atoms with Crippen LogP contribution < -0.4 is 5.73 Å². The van der Waals surface area contributed by atoms with E-state index in [9.17, 15) is 4.79 Å². The van der Waals surface area contributed by atoms with E-state index in [1.54, 1.807) is 4.68 Å². The van der Waals surface area contributed by atoms with Gasteiger partial charge in [0.1, 0.15) is 6.54 Å². The molecule has 2 heterocycles. The number of nitrogen functional groups attached to an aromatic ring is 1. The number of nitrogens with two attached hydrogens (primary N) is 1. The number of carbonyl (C=O) groups excluding carboxylic acids is 1. The lowest BCUT2D eigenvalue weighted by Crippen LogP contribution is -2.42. The Hall–Kier alpha value is -1.56. The topological polar surface area (TPSA) is 67.4 Å². The van der Waals surface area contributed by atoms with E-state index < -0.39 is 0 Å². The van der Waals surface area contributed by atoms with Gasteiger partial charge in [0.2, 0.25) is 5.91 Å². The van der Waals surface area contributed by atoms with Gasteiger partial charge in [0.15, 0.2) is 0 Å². The van der Waals surface area contributed by atoms with Crippen LogP contribution >= 0.6 is 0 Å². The van der Waals surface area contributed by atoms with Crippen LogP contribution in [0.25, 0.3) is 0 Å². The molecule has 1 amide bonds. The Bertz CT molecular complexity index is 494. The zero-order valence-corrected chi connectivity index (χ0v) is 12.9. The quantitative estimate of drug-likeness (QED) is 0.878. The van der Waals surface area contributed by atoms with E-state index in [2.05, 4.69) is 10.00 Å². The molecule has 1 atom stereocenters. The van der Waals surface area contributed by atoms with Crippen molar-refractivity contribution in [1.82, 2.24) is 19.6 Å². The molecule has 2 rings (SSSR count). The summed E-state index contributed by atoms with van der Waals surface area (Å²) in [5, 5.41) is 4.34. The van der Waals surface area contributed by atoms with Crippen LogP contribution in [0.5, 0.6) is 0 Å². The van der Waals surface area contributed by atoms with Crippen molar-refractivity contribution in [2.75, 3.05) is 32.9 Å². The number of nitrogens with zero attached hydrogens (tertiary/aromatic N) is 4. The molecular weight excluding hydrogens is 254 g/mol. The molecule has 1 fully saturated rings. The van der Waals surface area contributed by atoms with E-state index in [1.165, 1.54) is 0 Å². The van der Waals surface area contributed by atoms with Crippen molar-refractivity contribution in [2.24, 2.45) is 0 Å². The van der Waals surface area contributed by atoms with Crippen molar-refractivity contribution in [3.8, 4) is 0 Å². The van der Waals surface area contributed by atoms with E-state index >= 15 is 0 Å². The Morgan fingerprint density at radius 2 is 2.15 bits per heavy atom. The van der Waals surface area contributed by atoms with Crippen molar-refractivity contribution in [2.45, 2.75) is 39.3 Å². The second-order valence-electron chi connectivity index (χ2n) is 5.89. The van der Waals surface area contributed by atoms with Crippen LogP contribution in [-0.4, -0.2) is 58.7 Å². The minimum Gasteiger partial charge on any atom is -0.396 e. The van der Waals surface area contributed by atoms with Gasteiger partial charge in [0.05, 0.1) is 17.1 Å². The molecule has 0 spiro atoms. The summed E-state index contributed by atoms with van der Waals surface area (Å²) in [7, 11) is 4.09. The molecule has 0 radical (unpaired) electrons. The number of rotatable bonds is 4. The van der Waals surface area contributed by atoms with Gasteiger partial charge >= 0.3 is 0 Å². The molecule has 2 N–H and O–H groups in total. The van der Waals surface area contributed by atoms with E-state index in [4.69, 9.17) is 5.73 Å². The summed E-state index contributed by atoms with van der Waals surface area (Å²) in [4.78, 5) is 16.6. The van der Waals surface area contributed by atoms with E-state index in [0.29, 0.717) is 11.7 Å². The molecule has 1 saturated heterocycles. The highest BCUT2D eigenvalue weighted by Crippen LogP contribution is 2.20. The number of carbonyl (C=O) groups is 1. The summed E-state index contributed by atoms with van der Waals surface area (Å²) >= 11 is 0. The molecule has 1 aliphatic heterocycles. The predicted molar refractivity (Wildman–Crippen MR) is 79.4 cm³/mol. The van der Waals surface area contributed by atoms with Gasteiger partial charge in [0, 0.05) is 19.1 Å². The van der Waals surface area contributed by atoms with Gasteiger partial charge in [0.25, 0.3) is 0 Å². The van der Waals surface area contributed by atoms with Gasteiger partial charge in [-0.2, -0.15) is 5.10 Å². The number of likely N-dealkylation sites (tertiary alicyclic amines) is 1. The van der Waals surface area contributed by atoms with Crippen LogP contribution in [-0.2, 0) is 11.3 Å². The lowest BCUT2D eigenvalue weighted by atomic mass is 10.2.